The quantitative estimate of drug-likeness (QED) is 0.523. The van der Waals surface area contributed by atoms with Crippen molar-refractivity contribution in [1.82, 2.24) is 9.88 Å². The monoisotopic (exact) mass is 438 g/mol. The lowest BCUT2D eigenvalue weighted by molar-refractivity contribution is 0.0926. The molecule has 2 fully saturated rings. The number of rotatable bonds is 7. The maximum Gasteiger partial charge on any atom is 0.253 e. The van der Waals surface area contributed by atoms with Crippen LogP contribution in [-0.4, -0.2) is 29.2 Å². The summed E-state index contributed by atoms with van der Waals surface area (Å²) in [7, 11) is 0. The molecular weight excluding hydrogens is 396 g/mol. The van der Waals surface area contributed by atoms with Gasteiger partial charge in [-0.15, -0.1) is 0 Å². The SMILES string of the molecule is CCOC1C=C(C)C(c2cc(C(=O)NC3CCCCC3)c(C)n2CC2CCCCC2)=CC1. The molecule has 1 amide bonds. The lowest BCUT2D eigenvalue weighted by Gasteiger charge is -2.26. The van der Waals surface area contributed by atoms with E-state index in [-0.39, 0.29) is 12.0 Å². The smallest absolute Gasteiger partial charge is 0.253 e. The lowest BCUT2D eigenvalue weighted by atomic mass is 9.89. The van der Waals surface area contributed by atoms with Gasteiger partial charge in [-0.3, -0.25) is 4.79 Å². The maximum absolute atomic E-state index is 13.3. The number of nitrogens with one attached hydrogen (secondary N) is 1. The highest BCUT2D eigenvalue weighted by Crippen LogP contribution is 2.34. The third-order valence-corrected chi connectivity index (χ3v) is 7.79. The molecule has 1 aromatic heterocycles. The average molecular weight is 439 g/mol. The second-order valence-electron chi connectivity index (χ2n) is 10.1. The van der Waals surface area contributed by atoms with Crippen LogP contribution in [0.4, 0.5) is 0 Å². The van der Waals surface area contributed by atoms with Gasteiger partial charge in [0.2, 0.25) is 0 Å². The van der Waals surface area contributed by atoms with Gasteiger partial charge in [-0.2, -0.15) is 0 Å². The third kappa shape index (κ3) is 5.39. The van der Waals surface area contributed by atoms with Gasteiger partial charge in [-0.05, 0) is 76.0 Å². The van der Waals surface area contributed by atoms with Crippen LogP contribution in [0.25, 0.3) is 5.57 Å². The van der Waals surface area contributed by atoms with Gasteiger partial charge in [0.15, 0.2) is 0 Å². The van der Waals surface area contributed by atoms with Gasteiger partial charge in [-0.25, -0.2) is 0 Å². The summed E-state index contributed by atoms with van der Waals surface area (Å²) in [5.74, 6) is 0.829. The van der Waals surface area contributed by atoms with Gasteiger partial charge in [0.25, 0.3) is 5.91 Å². The highest BCUT2D eigenvalue weighted by atomic mass is 16.5. The van der Waals surface area contributed by atoms with Crippen molar-refractivity contribution in [3.63, 3.8) is 0 Å². The number of carbonyl (C=O) groups is 1. The van der Waals surface area contributed by atoms with Crippen molar-refractivity contribution in [3.8, 4) is 0 Å². The summed E-state index contributed by atoms with van der Waals surface area (Å²) in [6.45, 7) is 8.15. The van der Waals surface area contributed by atoms with Crippen LogP contribution in [0.5, 0.6) is 0 Å². The van der Waals surface area contributed by atoms with Crippen molar-refractivity contribution in [2.24, 2.45) is 5.92 Å². The fourth-order valence-corrected chi connectivity index (χ4v) is 5.94. The van der Waals surface area contributed by atoms with Gasteiger partial charge in [0.05, 0.1) is 11.7 Å². The van der Waals surface area contributed by atoms with E-state index in [4.69, 9.17) is 4.74 Å². The average Bonchev–Trinajstić information content (AvgIpc) is 3.11. The summed E-state index contributed by atoms with van der Waals surface area (Å²) in [6, 6.07) is 2.50. The molecule has 0 spiro atoms. The summed E-state index contributed by atoms with van der Waals surface area (Å²) < 4.78 is 8.30. The second kappa shape index (κ2) is 10.9. The standard InChI is InChI=1S/C28H42N2O2/c1-4-32-24-15-16-25(20(2)17-24)27-18-26(28(31)29-23-13-9-6-10-14-23)21(3)30(27)19-22-11-7-5-8-12-22/h16-18,22-24H,4-15,19H2,1-3H3,(H,29,31). The zero-order valence-corrected chi connectivity index (χ0v) is 20.4. The van der Waals surface area contributed by atoms with Gasteiger partial charge < -0.3 is 14.6 Å². The molecule has 1 aromatic rings. The molecule has 4 nitrogen and oxygen atoms in total. The summed E-state index contributed by atoms with van der Waals surface area (Å²) in [6.07, 6.45) is 18.3. The molecule has 3 aliphatic rings. The van der Waals surface area contributed by atoms with E-state index in [1.165, 1.54) is 68.2 Å². The van der Waals surface area contributed by atoms with Crippen LogP contribution in [0.3, 0.4) is 0 Å². The topological polar surface area (TPSA) is 43.3 Å². The number of allylic oxidation sites excluding steroid dienone is 2. The number of ether oxygens (including phenoxy) is 1. The highest BCUT2D eigenvalue weighted by molar-refractivity contribution is 5.97. The van der Waals surface area contributed by atoms with E-state index in [9.17, 15) is 4.79 Å². The van der Waals surface area contributed by atoms with Crippen LogP contribution >= 0.6 is 0 Å². The first kappa shape index (κ1) is 23.4. The molecule has 176 valence electrons. The van der Waals surface area contributed by atoms with Crippen LogP contribution in [-0.2, 0) is 11.3 Å². The van der Waals surface area contributed by atoms with Crippen molar-refractivity contribution in [2.45, 2.75) is 110 Å². The Labute approximate surface area is 194 Å². The molecule has 0 saturated heterocycles. The number of amides is 1. The van der Waals surface area contributed by atoms with Gasteiger partial charge in [0, 0.05) is 30.6 Å². The zero-order valence-electron chi connectivity index (χ0n) is 20.4. The number of aromatic nitrogens is 1. The molecule has 32 heavy (non-hydrogen) atoms. The third-order valence-electron chi connectivity index (χ3n) is 7.79. The number of hydrogen-bond acceptors (Lipinski definition) is 2. The molecular formula is C28H42N2O2. The lowest BCUT2D eigenvalue weighted by Crippen LogP contribution is -2.36. The van der Waals surface area contributed by atoms with Crippen LogP contribution in [0, 0.1) is 12.8 Å². The van der Waals surface area contributed by atoms with Crippen LogP contribution in [0.1, 0.15) is 106 Å². The van der Waals surface area contributed by atoms with E-state index < -0.39 is 0 Å². The van der Waals surface area contributed by atoms with Crippen molar-refractivity contribution in [2.75, 3.05) is 6.61 Å². The Morgan fingerprint density at radius 1 is 1.06 bits per heavy atom. The van der Waals surface area contributed by atoms with E-state index in [0.29, 0.717) is 12.0 Å². The van der Waals surface area contributed by atoms with E-state index >= 15 is 0 Å². The van der Waals surface area contributed by atoms with Crippen molar-refractivity contribution in [1.29, 1.82) is 0 Å². The zero-order chi connectivity index (χ0) is 22.5. The van der Waals surface area contributed by atoms with E-state index in [1.54, 1.807) is 0 Å². The summed E-state index contributed by atoms with van der Waals surface area (Å²) in [4.78, 5) is 13.3. The molecule has 1 heterocycles. The number of hydrogen-bond donors (Lipinski definition) is 1. The molecule has 0 aromatic carbocycles. The normalized spacial score (nSPS) is 23.0. The first-order valence-corrected chi connectivity index (χ1v) is 13.1. The molecule has 0 bridgehead atoms. The van der Waals surface area contributed by atoms with E-state index in [2.05, 4.69) is 48.9 Å². The van der Waals surface area contributed by atoms with E-state index in [0.717, 1.165) is 43.7 Å². The van der Waals surface area contributed by atoms with Crippen molar-refractivity contribution < 1.29 is 9.53 Å². The molecule has 0 radical (unpaired) electrons. The van der Waals surface area contributed by atoms with Crippen LogP contribution in [0.2, 0.25) is 0 Å². The largest absolute Gasteiger partial charge is 0.374 e. The molecule has 0 aliphatic heterocycles. The van der Waals surface area contributed by atoms with Crippen molar-refractivity contribution >= 4 is 11.5 Å². The molecule has 4 heteroatoms. The van der Waals surface area contributed by atoms with E-state index in [1.807, 2.05) is 0 Å². The fourth-order valence-electron chi connectivity index (χ4n) is 5.94. The second-order valence-corrected chi connectivity index (χ2v) is 10.1. The van der Waals surface area contributed by atoms with Crippen LogP contribution in [0.15, 0.2) is 23.8 Å². The van der Waals surface area contributed by atoms with Crippen LogP contribution < -0.4 is 5.32 Å². The summed E-state index contributed by atoms with van der Waals surface area (Å²) in [5, 5.41) is 3.35. The minimum Gasteiger partial charge on any atom is -0.374 e. The van der Waals surface area contributed by atoms with Crippen molar-refractivity contribution in [3.05, 3.63) is 40.7 Å². The molecule has 2 saturated carbocycles. The predicted molar refractivity (Wildman–Crippen MR) is 132 cm³/mol. The molecule has 4 rings (SSSR count). The predicted octanol–water partition coefficient (Wildman–Crippen LogP) is 6.58. The first-order valence-electron chi connectivity index (χ1n) is 13.1. The number of nitrogens with zero attached hydrogens (tertiary/aromatic N) is 1. The minimum absolute atomic E-state index is 0.114. The van der Waals surface area contributed by atoms with Gasteiger partial charge >= 0.3 is 0 Å². The first-order chi connectivity index (χ1) is 15.6. The van der Waals surface area contributed by atoms with Gasteiger partial charge in [0.1, 0.15) is 0 Å². The Morgan fingerprint density at radius 3 is 2.41 bits per heavy atom. The minimum atomic E-state index is 0.114. The molecule has 1 unspecified atom stereocenters. The Kier molecular flexibility index (Phi) is 7.93. The Morgan fingerprint density at radius 2 is 1.75 bits per heavy atom. The molecule has 3 aliphatic carbocycles. The Hall–Kier alpha value is -1.81. The Balaban J connectivity index is 1.62. The highest BCUT2D eigenvalue weighted by Gasteiger charge is 2.26. The maximum atomic E-state index is 13.3. The van der Waals surface area contributed by atoms with Gasteiger partial charge in [-0.1, -0.05) is 50.7 Å². The fraction of sp³-hybridized carbons (Fsp3) is 0.679. The summed E-state index contributed by atoms with van der Waals surface area (Å²) >= 11 is 0. The summed E-state index contributed by atoms with van der Waals surface area (Å²) in [5.41, 5.74) is 5.74. The Bertz CT molecular complexity index is 851. The molecule has 1 atom stereocenters. The molecule has 1 N–H and O–H groups in total. The number of carbonyl (C=O) groups excluding carboxylic acids is 1.